The minimum atomic E-state index is 0.363. The fraction of sp³-hybridized carbons (Fsp3) is 1.00. The zero-order chi connectivity index (χ0) is 11.3. The molecule has 1 saturated heterocycles. The highest BCUT2D eigenvalue weighted by molar-refractivity contribution is 4.80. The summed E-state index contributed by atoms with van der Waals surface area (Å²) in [6, 6.07) is 1.16. The molecule has 0 aromatic heterocycles. The van der Waals surface area contributed by atoms with E-state index in [1.54, 1.807) is 0 Å². The lowest BCUT2D eigenvalue weighted by molar-refractivity contribution is 0.126. The van der Waals surface area contributed by atoms with Crippen molar-refractivity contribution in [1.29, 1.82) is 0 Å². The molecule has 0 aromatic rings. The molecule has 2 heteroatoms. The molecule has 90 valence electrons. The Hall–Kier alpha value is -0.0800. The first-order chi connectivity index (χ1) is 7.19. The van der Waals surface area contributed by atoms with Crippen LogP contribution in [0.2, 0.25) is 0 Å². The number of nitrogens with two attached hydrogens (primary N) is 1. The summed E-state index contributed by atoms with van der Waals surface area (Å²) in [4.78, 5) is 2.63. The van der Waals surface area contributed by atoms with Crippen LogP contribution in [-0.4, -0.2) is 30.1 Å². The largest absolute Gasteiger partial charge is 0.326 e. The summed E-state index contributed by atoms with van der Waals surface area (Å²) in [5, 5.41) is 0. The number of likely N-dealkylation sites (tertiary alicyclic amines) is 1. The summed E-state index contributed by atoms with van der Waals surface area (Å²) in [6.07, 6.45) is 6.64. The molecule has 0 saturated carbocycles. The van der Waals surface area contributed by atoms with Gasteiger partial charge in [0.05, 0.1) is 0 Å². The van der Waals surface area contributed by atoms with Gasteiger partial charge in [-0.3, -0.25) is 4.90 Å². The van der Waals surface area contributed by atoms with Gasteiger partial charge in [0, 0.05) is 18.6 Å². The molecule has 3 atom stereocenters. The van der Waals surface area contributed by atoms with Crippen LogP contribution in [-0.2, 0) is 0 Å². The van der Waals surface area contributed by atoms with E-state index in [1.807, 2.05) is 0 Å². The van der Waals surface area contributed by atoms with E-state index in [0.29, 0.717) is 12.0 Å². The third kappa shape index (κ3) is 3.76. The van der Waals surface area contributed by atoms with Crippen LogP contribution in [0.5, 0.6) is 0 Å². The van der Waals surface area contributed by atoms with Crippen LogP contribution in [0.25, 0.3) is 0 Å². The zero-order valence-corrected chi connectivity index (χ0v) is 10.7. The minimum Gasteiger partial charge on any atom is -0.326 e. The van der Waals surface area contributed by atoms with Crippen molar-refractivity contribution < 1.29 is 0 Å². The Bertz CT molecular complexity index is 170. The van der Waals surface area contributed by atoms with Crippen LogP contribution < -0.4 is 5.73 Å². The van der Waals surface area contributed by atoms with Crippen LogP contribution in [0.3, 0.4) is 0 Å². The van der Waals surface area contributed by atoms with Gasteiger partial charge in [-0.15, -0.1) is 0 Å². The molecular weight excluding hydrogens is 184 g/mol. The van der Waals surface area contributed by atoms with E-state index in [-0.39, 0.29) is 0 Å². The lowest BCUT2D eigenvalue weighted by Crippen LogP contribution is -2.47. The van der Waals surface area contributed by atoms with Crippen LogP contribution in [0.1, 0.15) is 52.9 Å². The lowest BCUT2D eigenvalue weighted by atomic mass is 9.95. The number of piperidine rings is 1. The number of hydrogen-bond donors (Lipinski definition) is 1. The maximum absolute atomic E-state index is 6.23. The first kappa shape index (κ1) is 13.0. The zero-order valence-electron chi connectivity index (χ0n) is 10.7. The van der Waals surface area contributed by atoms with E-state index < -0.39 is 0 Å². The first-order valence-corrected chi connectivity index (χ1v) is 6.68. The van der Waals surface area contributed by atoms with Crippen LogP contribution in [0.15, 0.2) is 0 Å². The maximum Gasteiger partial charge on any atom is 0.0193 e. The van der Waals surface area contributed by atoms with Gasteiger partial charge in [0.2, 0.25) is 0 Å². The number of hydrogen-bond acceptors (Lipinski definition) is 2. The summed E-state index contributed by atoms with van der Waals surface area (Å²) in [7, 11) is 0. The van der Waals surface area contributed by atoms with Crippen molar-refractivity contribution in [3.8, 4) is 0 Å². The van der Waals surface area contributed by atoms with Gasteiger partial charge in [-0.1, -0.05) is 33.6 Å². The highest BCUT2D eigenvalue weighted by Gasteiger charge is 2.23. The van der Waals surface area contributed by atoms with Crippen molar-refractivity contribution in [3.63, 3.8) is 0 Å². The molecule has 0 aliphatic carbocycles. The molecule has 2 nitrogen and oxygen atoms in total. The summed E-state index contributed by atoms with van der Waals surface area (Å²) >= 11 is 0. The third-order valence-corrected chi connectivity index (χ3v) is 4.04. The van der Waals surface area contributed by atoms with Crippen molar-refractivity contribution in [1.82, 2.24) is 4.90 Å². The summed E-state index contributed by atoms with van der Waals surface area (Å²) in [6.45, 7) is 9.18. The van der Waals surface area contributed by atoms with Gasteiger partial charge in [0.1, 0.15) is 0 Å². The van der Waals surface area contributed by atoms with Crippen LogP contribution >= 0.6 is 0 Å². The number of rotatable bonds is 5. The molecule has 0 bridgehead atoms. The standard InChI is InChI=1S/C13H28N2/c1-4-11(3)13(14)10-15-9-7-6-8-12(15)5-2/h11-13H,4-10,14H2,1-3H3. The lowest BCUT2D eigenvalue weighted by Gasteiger charge is -2.37. The molecule has 0 spiro atoms. The molecule has 0 radical (unpaired) electrons. The Morgan fingerprint density at radius 2 is 2.07 bits per heavy atom. The monoisotopic (exact) mass is 212 g/mol. The van der Waals surface area contributed by atoms with E-state index in [9.17, 15) is 0 Å². The second-order valence-electron chi connectivity index (χ2n) is 5.10. The van der Waals surface area contributed by atoms with Crippen molar-refractivity contribution in [2.75, 3.05) is 13.1 Å². The fourth-order valence-corrected chi connectivity index (χ4v) is 2.52. The van der Waals surface area contributed by atoms with E-state index >= 15 is 0 Å². The Morgan fingerprint density at radius 1 is 1.33 bits per heavy atom. The maximum atomic E-state index is 6.23. The summed E-state index contributed by atoms with van der Waals surface area (Å²) in [5.74, 6) is 0.657. The normalized spacial score (nSPS) is 27.6. The van der Waals surface area contributed by atoms with Gasteiger partial charge < -0.3 is 5.73 Å². The Labute approximate surface area is 95.2 Å². The quantitative estimate of drug-likeness (QED) is 0.759. The van der Waals surface area contributed by atoms with E-state index in [2.05, 4.69) is 25.7 Å². The molecule has 1 aliphatic heterocycles. The Morgan fingerprint density at radius 3 is 2.67 bits per heavy atom. The van der Waals surface area contributed by atoms with E-state index in [4.69, 9.17) is 5.73 Å². The summed E-state index contributed by atoms with van der Waals surface area (Å²) in [5.41, 5.74) is 6.23. The molecule has 3 unspecified atom stereocenters. The average Bonchev–Trinajstić information content (AvgIpc) is 2.28. The van der Waals surface area contributed by atoms with Crippen LogP contribution in [0, 0.1) is 5.92 Å². The average molecular weight is 212 g/mol. The van der Waals surface area contributed by atoms with E-state index in [1.165, 1.54) is 38.6 Å². The third-order valence-electron chi connectivity index (χ3n) is 4.04. The van der Waals surface area contributed by atoms with Crippen molar-refractivity contribution in [3.05, 3.63) is 0 Å². The second kappa shape index (κ2) is 6.49. The van der Waals surface area contributed by atoms with Gasteiger partial charge in [0.25, 0.3) is 0 Å². The Kier molecular flexibility index (Phi) is 5.62. The van der Waals surface area contributed by atoms with Gasteiger partial charge in [-0.2, -0.15) is 0 Å². The van der Waals surface area contributed by atoms with E-state index in [0.717, 1.165) is 12.6 Å². The van der Waals surface area contributed by atoms with Crippen LogP contribution in [0.4, 0.5) is 0 Å². The van der Waals surface area contributed by atoms with Gasteiger partial charge in [-0.05, 0) is 31.7 Å². The van der Waals surface area contributed by atoms with Crippen molar-refractivity contribution in [2.45, 2.75) is 65.0 Å². The highest BCUT2D eigenvalue weighted by atomic mass is 15.2. The van der Waals surface area contributed by atoms with Crippen molar-refractivity contribution in [2.24, 2.45) is 11.7 Å². The predicted octanol–water partition coefficient (Wildman–Crippen LogP) is 2.62. The SMILES string of the molecule is CCC(C)C(N)CN1CCCCC1CC. The summed E-state index contributed by atoms with van der Waals surface area (Å²) < 4.78 is 0. The molecular formula is C13H28N2. The highest BCUT2D eigenvalue weighted by Crippen LogP contribution is 2.20. The molecule has 0 aromatic carbocycles. The van der Waals surface area contributed by atoms with Gasteiger partial charge >= 0.3 is 0 Å². The van der Waals surface area contributed by atoms with Crippen molar-refractivity contribution >= 4 is 0 Å². The molecule has 1 aliphatic rings. The number of nitrogens with zero attached hydrogens (tertiary/aromatic N) is 1. The smallest absolute Gasteiger partial charge is 0.0193 e. The molecule has 1 fully saturated rings. The first-order valence-electron chi connectivity index (χ1n) is 6.68. The molecule has 1 rings (SSSR count). The predicted molar refractivity (Wildman–Crippen MR) is 66.9 cm³/mol. The van der Waals surface area contributed by atoms with Gasteiger partial charge in [0.15, 0.2) is 0 Å². The second-order valence-corrected chi connectivity index (χ2v) is 5.10. The topological polar surface area (TPSA) is 29.3 Å². The fourth-order valence-electron chi connectivity index (χ4n) is 2.52. The van der Waals surface area contributed by atoms with Gasteiger partial charge in [-0.25, -0.2) is 0 Å². The molecule has 0 amide bonds. The molecule has 1 heterocycles. The molecule has 2 N–H and O–H groups in total. The minimum absolute atomic E-state index is 0.363. The Balaban J connectivity index is 2.40. The molecule has 15 heavy (non-hydrogen) atoms.